The summed E-state index contributed by atoms with van der Waals surface area (Å²) in [5.41, 5.74) is 0. The lowest BCUT2D eigenvalue weighted by Gasteiger charge is -2.08. The number of nitrogens with one attached hydrogen (secondary N) is 1. The molecule has 78 valence electrons. The second-order valence-corrected chi connectivity index (χ2v) is 3.38. The Morgan fingerprint density at radius 2 is 2.08 bits per heavy atom. The van der Waals surface area contributed by atoms with Gasteiger partial charge in [-0.1, -0.05) is 32.6 Å². The summed E-state index contributed by atoms with van der Waals surface area (Å²) in [4.78, 5) is 10.8. The van der Waals surface area contributed by atoms with Crippen LogP contribution >= 0.6 is 0 Å². The molecule has 0 radical (unpaired) electrons. The Hall–Kier alpha value is -0.570. The average molecular weight is 187 g/mol. The number of hydrogen-bond donors (Lipinski definition) is 2. The molecule has 0 aliphatic rings. The van der Waals surface area contributed by atoms with Crippen LogP contribution in [-0.2, 0) is 4.79 Å². The molecule has 0 aromatic rings. The van der Waals surface area contributed by atoms with Gasteiger partial charge >= 0.3 is 0 Å². The molecule has 0 saturated heterocycles. The summed E-state index contributed by atoms with van der Waals surface area (Å²) in [5.74, 6) is -0.0806. The Balaban J connectivity index is 3.29. The maximum absolute atomic E-state index is 10.8. The molecule has 0 spiro atoms. The van der Waals surface area contributed by atoms with E-state index in [0.717, 1.165) is 19.3 Å². The van der Waals surface area contributed by atoms with Gasteiger partial charge in [-0.15, -0.1) is 0 Å². The van der Waals surface area contributed by atoms with Crippen LogP contribution in [0.3, 0.4) is 0 Å². The van der Waals surface area contributed by atoms with Crippen molar-refractivity contribution in [2.24, 2.45) is 0 Å². The summed E-state index contributed by atoms with van der Waals surface area (Å²) in [7, 11) is 1.59. The molecule has 0 saturated carbocycles. The van der Waals surface area contributed by atoms with Crippen molar-refractivity contribution in [2.75, 3.05) is 7.05 Å². The Morgan fingerprint density at radius 3 is 2.62 bits per heavy atom. The summed E-state index contributed by atoms with van der Waals surface area (Å²) in [6.45, 7) is 2.15. The highest BCUT2D eigenvalue weighted by atomic mass is 16.3. The van der Waals surface area contributed by atoms with E-state index in [1.54, 1.807) is 7.05 Å². The van der Waals surface area contributed by atoms with Crippen LogP contribution in [-0.4, -0.2) is 24.2 Å². The van der Waals surface area contributed by atoms with E-state index in [2.05, 4.69) is 12.2 Å². The van der Waals surface area contributed by atoms with Crippen molar-refractivity contribution in [3.05, 3.63) is 0 Å². The Bertz CT molecular complexity index is 137. The minimum absolute atomic E-state index is 0.0806. The smallest absolute Gasteiger partial charge is 0.222 e. The molecule has 0 aromatic heterocycles. The normalized spacial score (nSPS) is 12.5. The van der Waals surface area contributed by atoms with Crippen molar-refractivity contribution in [1.82, 2.24) is 5.32 Å². The highest BCUT2D eigenvalue weighted by Gasteiger charge is 2.08. The maximum Gasteiger partial charge on any atom is 0.222 e. The van der Waals surface area contributed by atoms with Crippen LogP contribution in [0.1, 0.15) is 45.4 Å². The molecule has 0 bridgehead atoms. The summed E-state index contributed by atoms with van der Waals surface area (Å²) < 4.78 is 0. The first-order valence-corrected chi connectivity index (χ1v) is 5.09. The minimum Gasteiger partial charge on any atom is -0.393 e. The van der Waals surface area contributed by atoms with Gasteiger partial charge in [-0.25, -0.2) is 0 Å². The fourth-order valence-corrected chi connectivity index (χ4v) is 1.22. The molecule has 13 heavy (non-hydrogen) atoms. The van der Waals surface area contributed by atoms with Gasteiger partial charge in [0.05, 0.1) is 12.5 Å². The first-order valence-electron chi connectivity index (χ1n) is 5.09. The van der Waals surface area contributed by atoms with E-state index in [0.29, 0.717) is 0 Å². The monoisotopic (exact) mass is 187 g/mol. The predicted octanol–water partition coefficient (Wildman–Crippen LogP) is 1.45. The molecule has 3 heteroatoms. The molecule has 3 nitrogen and oxygen atoms in total. The molecule has 0 rings (SSSR count). The molecule has 2 N–H and O–H groups in total. The molecule has 0 heterocycles. The second kappa shape index (κ2) is 8.05. The van der Waals surface area contributed by atoms with Gasteiger partial charge in [0, 0.05) is 7.05 Å². The topological polar surface area (TPSA) is 49.3 Å². The van der Waals surface area contributed by atoms with Gasteiger partial charge in [0.25, 0.3) is 0 Å². The zero-order valence-electron chi connectivity index (χ0n) is 8.68. The van der Waals surface area contributed by atoms with E-state index in [-0.39, 0.29) is 12.3 Å². The van der Waals surface area contributed by atoms with Gasteiger partial charge in [0.2, 0.25) is 5.91 Å². The van der Waals surface area contributed by atoms with Crippen LogP contribution in [0.25, 0.3) is 0 Å². The molecular formula is C10H21NO2. The molecule has 0 aromatic carbocycles. The Kier molecular flexibility index (Phi) is 7.69. The van der Waals surface area contributed by atoms with Gasteiger partial charge in [0.15, 0.2) is 0 Å². The molecule has 1 atom stereocenters. The van der Waals surface area contributed by atoms with Crippen molar-refractivity contribution in [3.63, 3.8) is 0 Å². The van der Waals surface area contributed by atoms with Crippen LogP contribution in [0, 0.1) is 0 Å². The number of carbonyl (C=O) groups is 1. The number of unbranched alkanes of at least 4 members (excludes halogenated alkanes) is 3. The van der Waals surface area contributed by atoms with Gasteiger partial charge < -0.3 is 10.4 Å². The second-order valence-electron chi connectivity index (χ2n) is 3.38. The summed E-state index contributed by atoms with van der Waals surface area (Å²) in [6, 6.07) is 0. The van der Waals surface area contributed by atoms with Crippen LogP contribution in [0.5, 0.6) is 0 Å². The summed E-state index contributed by atoms with van der Waals surface area (Å²) >= 11 is 0. The van der Waals surface area contributed by atoms with E-state index >= 15 is 0 Å². The lowest BCUT2D eigenvalue weighted by molar-refractivity contribution is -0.122. The molecule has 1 amide bonds. The van der Waals surface area contributed by atoms with E-state index in [9.17, 15) is 9.90 Å². The van der Waals surface area contributed by atoms with Crippen LogP contribution < -0.4 is 5.32 Å². The fourth-order valence-electron chi connectivity index (χ4n) is 1.22. The first-order chi connectivity index (χ1) is 6.20. The molecular weight excluding hydrogens is 166 g/mol. The summed E-state index contributed by atoms with van der Waals surface area (Å²) in [6.07, 6.45) is 5.11. The van der Waals surface area contributed by atoms with Crippen molar-refractivity contribution in [1.29, 1.82) is 0 Å². The number of rotatable bonds is 7. The van der Waals surface area contributed by atoms with E-state index in [4.69, 9.17) is 0 Å². The SMILES string of the molecule is CCCCCC[C@@H](O)CC(=O)NC. The fraction of sp³-hybridized carbons (Fsp3) is 0.900. The van der Waals surface area contributed by atoms with Gasteiger partial charge in [-0.3, -0.25) is 4.79 Å². The van der Waals surface area contributed by atoms with Crippen LogP contribution in [0.2, 0.25) is 0 Å². The van der Waals surface area contributed by atoms with E-state index in [1.807, 2.05) is 0 Å². The van der Waals surface area contributed by atoms with Crippen molar-refractivity contribution >= 4 is 5.91 Å². The molecule has 0 aliphatic carbocycles. The van der Waals surface area contributed by atoms with E-state index < -0.39 is 6.10 Å². The quantitative estimate of drug-likeness (QED) is 0.593. The number of aliphatic hydroxyl groups excluding tert-OH is 1. The standard InChI is InChI=1S/C10H21NO2/c1-3-4-5-6-7-9(12)8-10(13)11-2/h9,12H,3-8H2,1-2H3,(H,11,13)/t9-/m1/s1. The lowest BCUT2D eigenvalue weighted by atomic mass is 10.1. The number of carbonyl (C=O) groups excluding carboxylic acids is 1. The highest BCUT2D eigenvalue weighted by molar-refractivity contribution is 5.75. The highest BCUT2D eigenvalue weighted by Crippen LogP contribution is 2.07. The van der Waals surface area contributed by atoms with Crippen LogP contribution in [0.4, 0.5) is 0 Å². The van der Waals surface area contributed by atoms with Gasteiger partial charge in [-0.2, -0.15) is 0 Å². The lowest BCUT2D eigenvalue weighted by Crippen LogP contribution is -2.23. The van der Waals surface area contributed by atoms with Crippen molar-refractivity contribution in [3.8, 4) is 0 Å². The number of hydrogen-bond acceptors (Lipinski definition) is 2. The number of aliphatic hydroxyl groups is 1. The summed E-state index contributed by atoms with van der Waals surface area (Å²) in [5, 5.41) is 11.9. The van der Waals surface area contributed by atoms with Gasteiger partial charge in [0.1, 0.15) is 0 Å². The van der Waals surface area contributed by atoms with Crippen molar-refractivity contribution in [2.45, 2.75) is 51.6 Å². The van der Waals surface area contributed by atoms with Crippen LogP contribution in [0.15, 0.2) is 0 Å². The Morgan fingerprint density at radius 1 is 1.38 bits per heavy atom. The predicted molar refractivity (Wildman–Crippen MR) is 53.4 cm³/mol. The third-order valence-corrected chi connectivity index (χ3v) is 2.09. The zero-order chi connectivity index (χ0) is 10.1. The largest absolute Gasteiger partial charge is 0.393 e. The number of amides is 1. The Labute approximate surface area is 80.5 Å². The van der Waals surface area contributed by atoms with E-state index in [1.165, 1.54) is 12.8 Å². The molecule has 0 fully saturated rings. The van der Waals surface area contributed by atoms with Crippen molar-refractivity contribution < 1.29 is 9.90 Å². The molecule has 0 unspecified atom stereocenters. The third-order valence-electron chi connectivity index (χ3n) is 2.09. The van der Waals surface area contributed by atoms with Gasteiger partial charge in [-0.05, 0) is 6.42 Å². The average Bonchev–Trinajstić information content (AvgIpc) is 2.12. The maximum atomic E-state index is 10.8. The minimum atomic E-state index is -0.461. The first kappa shape index (κ1) is 12.4. The third kappa shape index (κ3) is 7.78. The molecule has 0 aliphatic heterocycles. The zero-order valence-corrected chi connectivity index (χ0v) is 8.68.